The molecular formula is C25H36N6O9P2. The van der Waals surface area contributed by atoms with Crippen molar-refractivity contribution in [2.24, 2.45) is 10.8 Å². The molecule has 3 rings (SSSR count). The minimum Gasteiger partial charge on any atom is -0.422 e. The maximum absolute atomic E-state index is 13.6. The van der Waals surface area contributed by atoms with Crippen LogP contribution in [0.25, 0.3) is 0 Å². The van der Waals surface area contributed by atoms with Crippen molar-refractivity contribution in [1.29, 1.82) is 5.26 Å². The molecular weight excluding hydrogens is 590 g/mol. The van der Waals surface area contributed by atoms with Crippen molar-refractivity contribution in [3.63, 3.8) is 0 Å². The summed E-state index contributed by atoms with van der Waals surface area (Å²) in [6.07, 6.45) is 2.46. The number of benzene rings is 1. The number of hydrogen-bond donors (Lipinski definition) is 4. The van der Waals surface area contributed by atoms with E-state index < -0.39 is 40.6 Å². The molecule has 2 aromatic rings. The van der Waals surface area contributed by atoms with Gasteiger partial charge in [0.15, 0.2) is 0 Å². The lowest BCUT2D eigenvalue weighted by molar-refractivity contribution is -0.109. The maximum atomic E-state index is 13.6. The Morgan fingerprint density at radius 2 is 1.88 bits per heavy atom. The predicted molar refractivity (Wildman–Crippen MR) is 152 cm³/mol. The minimum atomic E-state index is -4.69. The van der Waals surface area contributed by atoms with Crippen molar-refractivity contribution in [3.8, 4) is 12.0 Å². The number of aldehydes is 1. The molecule has 0 saturated heterocycles. The molecule has 0 aliphatic carbocycles. The molecule has 5 N–H and O–H groups in total. The average molecular weight is 627 g/mol. The van der Waals surface area contributed by atoms with Gasteiger partial charge in [0.05, 0.1) is 18.3 Å². The van der Waals surface area contributed by atoms with Gasteiger partial charge in [-0.3, -0.25) is 9.05 Å². The maximum Gasteiger partial charge on any atom is 0.471 e. The molecule has 1 aliphatic rings. The number of hydrogen-bond acceptors (Lipinski definition) is 11. The van der Waals surface area contributed by atoms with Crippen LogP contribution in [0.4, 0.5) is 0 Å². The summed E-state index contributed by atoms with van der Waals surface area (Å²) in [4.78, 5) is 30.5. The molecule has 4 atom stereocenters. The Bertz CT molecular complexity index is 1380. The molecule has 2 unspecified atom stereocenters. The third-order valence-corrected chi connectivity index (χ3v) is 8.31. The normalized spacial score (nSPS) is 18.0. The molecule has 2 heterocycles. The number of nitrogens with zero attached hydrogens (tertiary/aromatic N) is 4. The number of nitriles is 1. The first kappa shape index (κ1) is 33.5. The third kappa shape index (κ3) is 9.49. The lowest BCUT2D eigenvalue weighted by Crippen LogP contribution is -2.39. The smallest absolute Gasteiger partial charge is 0.422 e. The number of nitrogens with two attached hydrogens (primary N) is 1. The van der Waals surface area contributed by atoms with Crippen molar-refractivity contribution in [1.82, 2.24) is 14.7 Å². The number of carbonyl (C=O) groups is 1. The minimum absolute atomic E-state index is 0.0973. The zero-order chi connectivity index (χ0) is 31.1. The number of phosphoric acid groups is 1. The Balaban J connectivity index is 1.67. The second kappa shape index (κ2) is 13.9. The highest BCUT2D eigenvalue weighted by atomic mass is 31.2. The fourth-order valence-corrected chi connectivity index (χ4v) is 5.71. The van der Waals surface area contributed by atoms with E-state index >= 15 is 0 Å². The molecule has 230 valence electrons. The Kier molecular flexibility index (Phi) is 11.1. The van der Waals surface area contributed by atoms with Crippen LogP contribution >= 0.6 is 15.6 Å². The summed E-state index contributed by atoms with van der Waals surface area (Å²) in [5.74, 6) is 0.268. The zero-order valence-electron chi connectivity index (χ0n) is 23.7. The monoisotopic (exact) mass is 626 g/mol. The lowest BCUT2D eigenvalue weighted by atomic mass is 9.87. The molecule has 0 spiro atoms. The van der Waals surface area contributed by atoms with Crippen LogP contribution in [0.1, 0.15) is 57.2 Å². The lowest BCUT2D eigenvalue weighted by Gasteiger charge is -2.30. The Labute approximate surface area is 244 Å². The van der Waals surface area contributed by atoms with Gasteiger partial charge in [0.1, 0.15) is 37.4 Å². The van der Waals surface area contributed by atoms with E-state index in [2.05, 4.69) is 35.5 Å². The van der Waals surface area contributed by atoms with Crippen molar-refractivity contribution in [2.75, 3.05) is 13.3 Å². The van der Waals surface area contributed by atoms with Crippen molar-refractivity contribution < 1.29 is 42.0 Å². The van der Waals surface area contributed by atoms with E-state index in [0.29, 0.717) is 24.1 Å². The van der Waals surface area contributed by atoms with Crippen LogP contribution < -0.4 is 15.3 Å². The average Bonchev–Trinajstić information content (AvgIpc) is 3.33. The van der Waals surface area contributed by atoms with E-state index in [1.54, 1.807) is 35.2 Å². The number of fused-ring (bicyclic) bond motifs is 1. The predicted octanol–water partition coefficient (Wildman–Crippen LogP) is 3.10. The SMILES string of the molecule is C[C@@H](C=O)NP(=O)(OC[C@H](CCc1ccc2n1N=CN(COP(=O)(O)O)C2N)OC#N)Oc1ccc(C(C)(C)C)cc1. The molecule has 1 aliphatic heterocycles. The van der Waals surface area contributed by atoms with E-state index in [4.69, 9.17) is 29.3 Å². The second-order valence-corrected chi connectivity index (χ2v) is 13.5. The molecule has 42 heavy (non-hydrogen) atoms. The van der Waals surface area contributed by atoms with Crippen LogP contribution in [0.3, 0.4) is 0 Å². The first-order chi connectivity index (χ1) is 19.6. The number of aromatic nitrogens is 1. The highest BCUT2D eigenvalue weighted by molar-refractivity contribution is 7.52. The van der Waals surface area contributed by atoms with Crippen molar-refractivity contribution in [3.05, 3.63) is 53.3 Å². The van der Waals surface area contributed by atoms with Crippen LogP contribution in [0, 0.1) is 11.5 Å². The standard InChI is InChI=1S/C25H36N6O9P2/c1-18(13-32)29-41(33,40-21-9-5-19(6-10-21)25(2,3)4)38-14-22(37-15-26)11-7-20-8-12-23-24(27)30(16-28-31(20)23)17-39-42(34,35)36/h5-6,8-10,12-13,16,18,22,24H,7,11,14,17,27H2,1-4H3,(H,29,33)(H2,34,35,36)/t18-,22-,24?,41?/m0/s1. The number of aryl methyl sites for hydroxylation is 1. The third-order valence-electron chi connectivity index (χ3n) is 6.20. The van der Waals surface area contributed by atoms with Gasteiger partial charge in [0.25, 0.3) is 6.26 Å². The zero-order valence-corrected chi connectivity index (χ0v) is 25.5. The van der Waals surface area contributed by atoms with Gasteiger partial charge in [-0.05, 0) is 55.0 Å². The van der Waals surface area contributed by atoms with E-state index in [-0.39, 0.29) is 24.2 Å². The molecule has 0 fully saturated rings. The van der Waals surface area contributed by atoms with Crippen LogP contribution in [0.15, 0.2) is 41.5 Å². The highest BCUT2D eigenvalue weighted by Crippen LogP contribution is 2.45. The summed E-state index contributed by atoms with van der Waals surface area (Å²) >= 11 is 0. The molecule has 0 saturated carbocycles. The number of ether oxygens (including phenoxy) is 1. The molecule has 15 nitrogen and oxygen atoms in total. The number of rotatable bonds is 15. The molecule has 0 bridgehead atoms. The van der Waals surface area contributed by atoms with Gasteiger partial charge in [-0.25, -0.2) is 18.9 Å². The number of nitrogens with one attached hydrogen (secondary N) is 1. The molecule has 0 radical (unpaired) electrons. The van der Waals surface area contributed by atoms with Gasteiger partial charge in [0, 0.05) is 5.69 Å². The summed E-state index contributed by atoms with van der Waals surface area (Å²) in [7, 11) is -8.76. The largest absolute Gasteiger partial charge is 0.471 e. The van der Waals surface area contributed by atoms with Crippen molar-refractivity contribution >= 4 is 28.2 Å². The van der Waals surface area contributed by atoms with E-state index in [1.165, 1.54) is 18.2 Å². The van der Waals surface area contributed by atoms with Crippen LogP contribution in [-0.2, 0) is 39.5 Å². The van der Waals surface area contributed by atoms with Gasteiger partial charge in [-0.2, -0.15) is 10.4 Å². The fraction of sp³-hybridized carbons (Fsp3) is 0.480. The summed E-state index contributed by atoms with van der Waals surface area (Å²) < 4.78 is 47.1. The molecule has 0 amide bonds. The first-order valence-corrected chi connectivity index (χ1v) is 16.0. The second-order valence-electron chi connectivity index (χ2n) is 10.6. The molecule has 1 aromatic carbocycles. The van der Waals surface area contributed by atoms with E-state index in [9.17, 15) is 19.2 Å². The van der Waals surface area contributed by atoms with Gasteiger partial charge >= 0.3 is 15.6 Å². The number of carbonyl (C=O) groups excluding carboxylic acids is 1. The van der Waals surface area contributed by atoms with E-state index in [0.717, 1.165) is 5.56 Å². The topological polar surface area (TPSA) is 211 Å². The van der Waals surface area contributed by atoms with Crippen LogP contribution in [0.5, 0.6) is 5.75 Å². The summed E-state index contributed by atoms with van der Waals surface area (Å²) in [5.41, 5.74) is 8.38. The summed E-state index contributed by atoms with van der Waals surface area (Å²) in [5, 5.41) is 16.0. The van der Waals surface area contributed by atoms with Gasteiger partial charge < -0.3 is 34.5 Å². The molecule has 1 aromatic heterocycles. The summed E-state index contributed by atoms with van der Waals surface area (Å²) in [6.45, 7) is 6.91. The van der Waals surface area contributed by atoms with Gasteiger partial charge in [-0.15, -0.1) is 0 Å². The first-order valence-electron chi connectivity index (χ1n) is 12.9. The van der Waals surface area contributed by atoms with Crippen molar-refractivity contribution in [2.45, 2.75) is 64.3 Å². The van der Waals surface area contributed by atoms with Gasteiger partial charge in [-0.1, -0.05) is 32.9 Å². The quantitative estimate of drug-likeness (QED) is 0.127. The Morgan fingerprint density at radius 3 is 2.48 bits per heavy atom. The van der Waals surface area contributed by atoms with Crippen LogP contribution in [-0.4, -0.2) is 57.5 Å². The Hall–Kier alpha value is -3.05. The molecule has 17 heteroatoms. The number of phosphoric ester groups is 1. The van der Waals surface area contributed by atoms with Gasteiger partial charge in [0.2, 0.25) is 0 Å². The summed E-state index contributed by atoms with van der Waals surface area (Å²) in [6, 6.07) is 9.63. The van der Waals surface area contributed by atoms with E-state index in [1.807, 2.05) is 12.1 Å². The highest BCUT2D eigenvalue weighted by Gasteiger charge is 2.31. The van der Waals surface area contributed by atoms with Crippen LogP contribution in [0.2, 0.25) is 0 Å². The Morgan fingerprint density at radius 1 is 1.19 bits per heavy atom. The fourth-order valence-electron chi connectivity index (χ4n) is 3.92.